The van der Waals surface area contributed by atoms with Gasteiger partial charge in [-0.1, -0.05) is 6.07 Å². The maximum atomic E-state index is 13.6. The quantitative estimate of drug-likeness (QED) is 0.751. The molecule has 0 saturated carbocycles. The Bertz CT molecular complexity index is 1010. The topological polar surface area (TPSA) is 75.6 Å². The van der Waals surface area contributed by atoms with Crippen molar-refractivity contribution in [2.75, 3.05) is 5.32 Å². The van der Waals surface area contributed by atoms with Gasteiger partial charge in [-0.05, 0) is 56.9 Å². The predicted molar refractivity (Wildman–Crippen MR) is 94.2 cm³/mol. The van der Waals surface area contributed by atoms with Crippen molar-refractivity contribution in [3.63, 3.8) is 0 Å². The van der Waals surface area contributed by atoms with Crippen LogP contribution in [0.2, 0.25) is 0 Å². The van der Waals surface area contributed by atoms with Gasteiger partial charge in [0.1, 0.15) is 11.2 Å². The van der Waals surface area contributed by atoms with Crippen LogP contribution < -0.4 is 10.9 Å². The van der Waals surface area contributed by atoms with Crippen LogP contribution in [-0.2, 0) is 12.0 Å². The predicted octanol–water partition coefficient (Wildman–Crippen LogP) is 3.11. The first-order chi connectivity index (χ1) is 11.8. The lowest BCUT2D eigenvalue weighted by molar-refractivity contribution is 0.366. The Morgan fingerprint density at radius 1 is 1.36 bits per heavy atom. The molecule has 0 bridgehead atoms. The van der Waals surface area contributed by atoms with Crippen molar-refractivity contribution >= 4 is 17.0 Å². The molecule has 7 heteroatoms. The summed E-state index contributed by atoms with van der Waals surface area (Å²) in [5.74, 6) is 0.126. The van der Waals surface area contributed by atoms with Gasteiger partial charge in [0.2, 0.25) is 5.95 Å². The number of rotatable bonds is 2. The molecule has 2 aromatic heterocycles. The zero-order chi connectivity index (χ0) is 17.8. The Balaban J connectivity index is 1.74. The molecule has 130 valence electrons. The number of halogens is 1. The molecule has 25 heavy (non-hydrogen) atoms. The number of hydrogen-bond donors (Lipinski definition) is 2. The van der Waals surface area contributed by atoms with Gasteiger partial charge in [0, 0.05) is 0 Å². The van der Waals surface area contributed by atoms with E-state index in [9.17, 15) is 9.18 Å². The van der Waals surface area contributed by atoms with E-state index in [2.05, 4.69) is 20.4 Å². The molecule has 1 aromatic carbocycles. The molecule has 2 heterocycles. The van der Waals surface area contributed by atoms with Crippen LogP contribution in [0.15, 0.2) is 29.2 Å². The lowest BCUT2D eigenvalue weighted by atomic mass is 10.1. The SMILES string of the molecule is CC(C)(C)n1ncc2c(=O)[nH]c(NC3CCc4ccc(F)cc43)nc21. The average Bonchev–Trinajstić information content (AvgIpc) is 3.12. The number of aryl methyl sites for hydroxylation is 1. The van der Waals surface area contributed by atoms with E-state index < -0.39 is 0 Å². The van der Waals surface area contributed by atoms with Gasteiger partial charge in [-0.2, -0.15) is 10.1 Å². The van der Waals surface area contributed by atoms with Gasteiger partial charge in [0.05, 0.1) is 17.8 Å². The number of aromatic amines is 1. The van der Waals surface area contributed by atoms with Crippen molar-refractivity contribution in [3.8, 4) is 0 Å². The molecule has 0 saturated heterocycles. The van der Waals surface area contributed by atoms with E-state index in [0.29, 0.717) is 17.0 Å². The van der Waals surface area contributed by atoms with Gasteiger partial charge in [-0.25, -0.2) is 9.07 Å². The summed E-state index contributed by atoms with van der Waals surface area (Å²) in [6.07, 6.45) is 3.25. The van der Waals surface area contributed by atoms with Crippen molar-refractivity contribution in [1.29, 1.82) is 0 Å². The molecule has 1 aliphatic carbocycles. The highest BCUT2D eigenvalue weighted by Crippen LogP contribution is 2.33. The van der Waals surface area contributed by atoms with Gasteiger partial charge in [0.25, 0.3) is 5.56 Å². The van der Waals surface area contributed by atoms with Crippen LogP contribution in [-0.4, -0.2) is 19.7 Å². The molecular weight excluding hydrogens is 321 g/mol. The van der Waals surface area contributed by atoms with Crippen molar-refractivity contribution in [2.24, 2.45) is 0 Å². The smallest absolute Gasteiger partial charge is 0.263 e. The Kier molecular flexibility index (Phi) is 3.42. The fourth-order valence-electron chi connectivity index (χ4n) is 3.37. The number of hydrogen-bond acceptors (Lipinski definition) is 4. The van der Waals surface area contributed by atoms with E-state index in [4.69, 9.17) is 0 Å². The molecular formula is C18H20FN5O. The maximum Gasteiger partial charge on any atom is 0.263 e. The number of H-pyrrole nitrogens is 1. The number of nitrogens with zero attached hydrogens (tertiary/aromatic N) is 3. The molecule has 4 rings (SSSR count). The Morgan fingerprint density at radius 3 is 2.92 bits per heavy atom. The molecule has 2 N–H and O–H groups in total. The van der Waals surface area contributed by atoms with Gasteiger partial charge >= 0.3 is 0 Å². The minimum absolute atomic E-state index is 0.0719. The third-order valence-electron chi connectivity index (χ3n) is 4.57. The number of fused-ring (bicyclic) bond motifs is 2. The zero-order valence-corrected chi connectivity index (χ0v) is 14.4. The number of nitrogens with one attached hydrogen (secondary N) is 2. The summed E-state index contributed by atoms with van der Waals surface area (Å²) in [6, 6.07) is 4.78. The summed E-state index contributed by atoms with van der Waals surface area (Å²) >= 11 is 0. The third kappa shape index (κ3) is 2.69. The molecule has 0 radical (unpaired) electrons. The molecule has 6 nitrogen and oxygen atoms in total. The molecule has 1 atom stereocenters. The van der Waals surface area contributed by atoms with Gasteiger partial charge in [-0.3, -0.25) is 9.78 Å². The molecule has 0 fully saturated rings. The van der Waals surface area contributed by atoms with E-state index >= 15 is 0 Å². The Hall–Kier alpha value is -2.70. The third-order valence-corrected chi connectivity index (χ3v) is 4.57. The van der Waals surface area contributed by atoms with Crippen LogP contribution in [0, 0.1) is 5.82 Å². The highest BCUT2D eigenvalue weighted by Gasteiger charge is 2.25. The summed E-state index contributed by atoms with van der Waals surface area (Å²) in [7, 11) is 0. The standard InChI is InChI=1S/C18H20FN5O/c1-18(2,3)24-15-13(9-20-24)16(25)23-17(22-15)21-14-7-5-10-4-6-11(19)8-12(10)14/h4,6,8-9,14H,5,7H2,1-3H3,(H2,21,22,23,25). The van der Waals surface area contributed by atoms with Crippen LogP contribution in [0.1, 0.15) is 44.4 Å². The van der Waals surface area contributed by atoms with E-state index in [-0.39, 0.29) is 23.0 Å². The van der Waals surface area contributed by atoms with Crippen molar-refractivity contribution < 1.29 is 4.39 Å². The lowest BCUT2D eigenvalue weighted by Crippen LogP contribution is -2.24. The van der Waals surface area contributed by atoms with Gasteiger partial charge in [-0.15, -0.1) is 0 Å². The van der Waals surface area contributed by atoms with E-state index in [0.717, 1.165) is 24.0 Å². The van der Waals surface area contributed by atoms with Crippen LogP contribution in [0.4, 0.5) is 10.3 Å². The summed E-state index contributed by atoms with van der Waals surface area (Å²) in [5, 5.41) is 8.01. The second-order valence-corrected chi connectivity index (χ2v) is 7.46. The number of benzene rings is 1. The van der Waals surface area contributed by atoms with Crippen LogP contribution >= 0.6 is 0 Å². The van der Waals surface area contributed by atoms with E-state index in [1.807, 2.05) is 26.8 Å². The van der Waals surface area contributed by atoms with E-state index in [1.165, 1.54) is 12.3 Å². The zero-order valence-electron chi connectivity index (χ0n) is 14.4. The van der Waals surface area contributed by atoms with Gasteiger partial charge in [0.15, 0.2) is 5.65 Å². The fraction of sp³-hybridized carbons (Fsp3) is 0.389. The molecule has 3 aromatic rings. The lowest BCUT2D eigenvalue weighted by Gasteiger charge is -2.20. The summed E-state index contributed by atoms with van der Waals surface area (Å²) < 4.78 is 15.3. The highest BCUT2D eigenvalue weighted by molar-refractivity contribution is 5.74. The van der Waals surface area contributed by atoms with Crippen molar-refractivity contribution in [3.05, 3.63) is 51.7 Å². The number of aromatic nitrogens is 4. The van der Waals surface area contributed by atoms with E-state index in [1.54, 1.807) is 10.7 Å². The second kappa shape index (κ2) is 5.40. The van der Waals surface area contributed by atoms with Crippen molar-refractivity contribution in [2.45, 2.75) is 45.2 Å². The normalized spacial score (nSPS) is 17.0. The van der Waals surface area contributed by atoms with Crippen LogP contribution in [0.3, 0.4) is 0 Å². The largest absolute Gasteiger partial charge is 0.349 e. The highest BCUT2D eigenvalue weighted by atomic mass is 19.1. The first-order valence-corrected chi connectivity index (χ1v) is 8.36. The summed E-state index contributed by atoms with van der Waals surface area (Å²) in [4.78, 5) is 19.7. The summed E-state index contributed by atoms with van der Waals surface area (Å²) in [5.41, 5.74) is 2.06. The Labute approximate surface area is 144 Å². The minimum atomic E-state index is -0.289. The van der Waals surface area contributed by atoms with Crippen molar-refractivity contribution in [1.82, 2.24) is 19.7 Å². The molecule has 0 spiro atoms. The Morgan fingerprint density at radius 2 is 2.16 bits per heavy atom. The van der Waals surface area contributed by atoms with Crippen LogP contribution in [0.5, 0.6) is 0 Å². The average molecular weight is 341 g/mol. The molecule has 0 amide bonds. The second-order valence-electron chi connectivity index (χ2n) is 7.46. The fourth-order valence-corrected chi connectivity index (χ4v) is 3.37. The first-order valence-electron chi connectivity index (χ1n) is 8.36. The molecule has 1 unspecified atom stereocenters. The first kappa shape index (κ1) is 15.8. The minimum Gasteiger partial charge on any atom is -0.349 e. The summed E-state index contributed by atoms with van der Waals surface area (Å²) in [6.45, 7) is 6.02. The van der Waals surface area contributed by atoms with Crippen LogP contribution in [0.25, 0.3) is 11.0 Å². The van der Waals surface area contributed by atoms with Gasteiger partial charge < -0.3 is 5.32 Å². The molecule has 1 aliphatic rings. The molecule has 0 aliphatic heterocycles. The number of anilines is 1. The maximum absolute atomic E-state index is 13.6. The monoisotopic (exact) mass is 341 g/mol.